The average Bonchev–Trinajstić information content (AvgIpc) is 3.06. The van der Waals surface area contributed by atoms with Crippen molar-refractivity contribution in [1.29, 1.82) is 0 Å². The second-order valence-corrected chi connectivity index (χ2v) is 13.3. The Kier molecular flexibility index (Phi) is 9.78. The Morgan fingerprint density at radius 3 is 2.76 bits per heavy atom. The lowest BCUT2D eigenvalue weighted by atomic mass is 9.87. The molecule has 3 aliphatic rings. The van der Waals surface area contributed by atoms with Gasteiger partial charge < -0.3 is 29.7 Å². The van der Waals surface area contributed by atoms with Gasteiger partial charge in [-0.15, -0.1) is 0 Å². The second-order valence-electron chi connectivity index (χ2n) is 13.3. The van der Waals surface area contributed by atoms with Gasteiger partial charge >= 0.3 is 5.69 Å². The van der Waals surface area contributed by atoms with E-state index >= 15 is 4.39 Å². The lowest BCUT2D eigenvalue weighted by Gasteiger charge is -2.41. The number of carbonyl (C=O) groups is 1. The van der Waals surface area contributed by atoms with Crippen LogP contribution in [0.5, 0.6) is 5.75 Å². The number of alkyl halides is 2. The number of aliphatic hydroxyl groups excluding tert-OH is 1. The summed E-state index contributed by atoms with van der Waals surface area (Å²) in [5.41, 5.74) is -1.35. The van der Waals surface area contributed by atoms with Crippen LogP contribution < -0.4 is 20.6 Å². The molecule has 14 heteroatoms. The molecule has 0 radical (unpaired) electrons. The number of benzene rings is 1. The van der Waals surface area contributed by atoms with Crippen molar-refractivity contribution in [3.8, 4) is 17.0 Å². The molecule has 0 spiro atoms. The number of nitrogens with zero attached hydrogens (tertiary/aromatic N) is 5. The van der Waals surface area contributed by atoms with Gasteiger partial charge in [0.05, 0.1) is 28.4 Å². The predicted molar refractivity (Wildman–Crippen MR) is 183 cm³/mol. The summed E-state index contributed by atoms with van der Waals surface area (Å²) in [4.78, 5) is 40.1. The van der Waals surface area contributed by atoms with Gasteiger partial charge in [0.15, 0.2) is 5.65 Å². The minimum atomic E-state index is -2.86. The fourth-order valence-electron chi connectivity index (χ4n) is 6.98. The maximum atomic E-state index is 15.8. The Labute approximate surface area is 287 Å². The Morgan fingerprint density at radius 1 is 1.28 bits per heavy atom. The van der Waals surface area contributed by atoms with E-state index in [2.05, 4.69) is 16.9 Å². The minimum Gasteiger partial charge on any atom is -0.490 e. The third-order valence-corrected chi connectivity index (χ3v) is 9.54. The maximum Gasteiger partial charge on any atom is 0.355 e. The first-order valence-corrected chi connectivity index (χ1v) is 16.6. The van der Waals surface area contributed by atoms with Crippen LogP contribution in [-0.2, 0) is 9.53 Å². The molecule has 6 rings (SSSR count). The summed E-state index contributed by atoms with van der Waals surface area (Å²) in [7, 11) is 0. The van der Waals surface area contributed by atoms with Crippen LogP contribution in [0.1, 0.15) is 32.8 Å². The highest BCUT2D eigenvalue weighted by Gasteiger charge is 2.42. The summed E-state index contributed by atoms with van der Waals surface area (Å²) in [6, 6.07) is 5.17. The highest BCUT2D eigenvalue weighted by molar-refractivity contribution is 5.93. The highest BCUT2D eigenvalue weighted by atomic mass is 19.3. The van der Waals surface area contributed by atoms with Gasteiger partial charge in [-0.2, -0.15) is 4.98 Å². The maximum absolute atomic E-state index is 15.8. The van der Waals surface area contributed by atoms with Crippen molar-refractivity contribution in [2.45, 2.75) is 64.3 Å². The molecule has 3 aromatic rings. The molecule has 3 unspecified atom stereocenters. The van der Waals surface area contributed by atoms with E-state index in [1.54, 1.807) is 30.2 Å². The quantitative estimate of drug-likeness (QED) is 0.365. The van der Waals surface area contributed by atoms with Crippen LogP contribution in [0, 0.1) is 18.7 Å². The number of hydrogen-bond acceptors (Lipinski definition) is 9. The summed E-state index contributed by atoms with van der Waals surface area (Å²) in [6.07, 6.45) is 1.61. The molecule has 266 valence electrons. The summed E-state index contributed by atoms with van der Waals surface area (Å²) < 4.78 is 56.5. The van der Waals surface area contributed by atoms with Gasteiger partial charge in [-0.05, 0) is 61.9 Å². The van der Waals surface area contributed by atoms with E-state index in [4.69, 9.17) is 14.5 Å². The van der Waals surface area contributed by atoms with Crippen LogP contribution in [0.25, 0.3) is 28.0 Å². The van der Waals surface area contributed by atoms with Crippen molar-refractivity contribution in [2.24, 2.45) is 5.92 Å². The molecule has 2 aromatic heterocycles. The first kappa shape index (κ1) is 35.1. The number of aromatic nitrogens is 3. The van der Waals surface area contributed by atoms with Crippen LogP contribution in [0.4, 0.5) is 19.0 Å². The number of halogens is 3. The van der Waals surface area contributed by atoms with E-state index < -0.39 is 48.9 Å². The monoisotopic (exact) mass is 694 g/mol. The zero-order chi connectivity index (χ0) is 35.9. The van der Waals surface area contributed by atoms with Gasteiger partial charge in [-0.1, -0.05) is 32.6 Å². The molecule has 2 N–H and O–H groups in total. The van der Waals surface area contributed by atoms with E-state index in [0.717, 1.165) is 0 Å². The van der Waals surface area contributed by atoms with Crippen LogP contribution >= 0.6 is 0 Å². The molecule has 1 fully saturated rings. The van der Waals surface area contributed by atoms with Crippen molar-refractivity contribution >= 4 is 28.5 Å². The molecule has 1 saturated heterocycles. The Balaban J connectivity index is 1.70. The zero-order valence-electron chi connectivity index (χ0n) is 28.4. The molecule has 3 aliphatic heterocycles. The largest absolute Gasteiger partial charge is 0.490 e. The number of aryl methyl sites for hydroxylation is 1. The number of nitrogens with one attached hydrogen (secondary N) is 1. The standard InChI is InChI=1S/C36H41F3N6O5/c1-6-29(47)43-13-14-44(22(5)17-43)33-23-15-21(4)32-30-24(37)9-7-10-26(30)49-18-27(46)36(50-19-28(38)39)11-8-12-40-31(20(2)3)25(16-36)45(34(23)41-32)35(48)42-33/h6-10,12,15-16,20,22,27-28,31,40,46H,1,11,13-14,17-19H2,2-5H3/b12-8-,25-16?/t22-,27?,31?,36?/m0/s1. The third kappa shape index (κ3) is 6.37. The normalized spacial score (nSPS) is 24.4. The van der Waals surface area contributed by atoms with E-state index in [0.29, 0.717) is 36.4 Å². The number of pyridine rings is 1. The van der Waals surface area contributed by atoms with Gasteiger partial charge in [0.1, 0.15) is 42.3 Å². The van der Waals surface area contributed by atoms with Gasteiger partial charge in [0.2, 0.25) is 5.91 Å². The molecule has 0 aliphatic carbocycles. The molecule has 1 amide bonds. The topological polar surface area (TPSA) is 122 Å². The minimum absolute atomic E-state index is 0.0112. The molecule has 4 bridgehead atoms. The number of rotatable bonds is 6. The summed E-state index contributed by atoms with van der Waals surface area (Å²) in [6.45, 7) is 10.7. The fourth-order valence-corrected chi connectivity index (χ4v) is 6.98. The fraction of sp³-hybridized carbons (Fsp3) is 0.444. The van der Waals surface area contributed by atoms with Crippen molar-refractivity contribution < 1.29 is 32.5 Å². The van der Waals surface area contributed by atoms with Crippen molar-refractivity contribution in [3.05, 3.63) is 77.1 Å². The van der Waals surface area contributed by atoms with E-state index in [1.807, 2.05) is 25.7 Å². The number of amides is 1. The van der Waals surface area contributed by atoms with Crippen LogP contribution in [0.2, 0.25) is 0 Å². The number of ether oxygens (including phenoxy) is 2. The van der Waals surface area contributed by atoms with Crippen molar-refractivity contribution in [3.63, 3.8) is 0 Å². The molecular weight excluding hydrogens is 653 g/mol. The number of carbonyl (C=O) groups excluding carboxylic acids is 1. The van der Waals surface area contributed by atoms with Crippen LogP contribution in [0.15, 0.2) is 60.1 Å². The summed E-state index contributed by atoms with van der Waals surface area (Å²) >= 11 is 0. The Hall–Kier alpha value is -4.69. The molecule has 0 saturated carbocycles. The number of fused-ring (bicyclic) bond motifs is 5. The molecule has 5 heterocycles. The number of anilines is 1. The number of piperazine rings is 1. The average molecular weight is 695 g/mol. The van der Waals surface area contributed by atoms with Gasteiger partial charge in [-0.25, -0.2) is 27.5 Å². The van der Waals surface area contributed by atoms with Crippen LogP contribution in [0.3, 0.4) is 0 Å². The van der Waals surface area contributed by atoms with Crippen molar-refractivity contribution in [1.82, 2.24) is 24.8 Å². The summed E-state index contributed by atoms with van der Waals surface area (Å²) in [5, 5.41) is 15.5. The highest BCUT2D eigenvalue weighted by Crippen LogP contribution is 2.39. The van der Waals surface area contributed by atoms with Crippen LogP contribution in [-0.4, -0.2) is 93.5 Å². The molecule has 1 aromatic carbocycles. The Morgan fingerprint density at radius 2 is 2.06 bits per heavy atom. The van der Waals surface area contributed by atoms with Gasteiger partial charge in [-0.3, -0.25) is 4.79 Å². The first-order chi connectivity index (χ1) is 23.8. The van der Waals surface area contributed by atoms with Crippen molar-refractivity contribution in [2.75, 3.05) is 37.7 Å². The van der Waals surface area contributed by atoms with E-state index in [9.17, 15) is 23.5 Å². The second kappa shape index (κ2) is 13.9. The number of aliphatic hydroxyl groups is 1. The Bertz CT molecular complexity index is 1930. The smallest absolute Gasteiger partial charge is 0.355 e. The lowest BCUT2D eigenvalue weighted by Crippen LogP contribution is -2.54. The first-order valence-electron chi connectivity index (χ1n) is 16.6. The molecule has 11 nitrogen and oxygen atoms in total. The van der Waals surface area contributed by atoms with Gasteiger partial charge in [0, 0.05) is 32.1 Å². The lowest BCUT2D eigenvalue weighted by molar-refractivity contribution is -0.127. The molecule has 4 atom stereocenters. The molecular formula is C36H41F3N6O5. The number of hydrogen-bond donors (Lipinski definition) is 2. The summed E-state index contributed by atoms with van der Waals surface area (Å²) in [5.74, 6) is -0.632. The third-order valence-electron chi connectivity index (χ3n) is 9.54. The molecule has 50 heavy (non-hydrogen) atoms. The SMILES string of the molecule is C=CC(=O)N1CCN(c2nc(=O)n3c4nc(c(C)cc24)-c2c(F)cccc2OCC(O)C2(OCC(F)F)C=C3C(C(C)C)N/C=C\C2)[C@@H](C)C1. The van der Waals surface area contributed by atoms with Gasteiger partial charge in [0.25, 0.3) is 6.43 Å². The van der Waals surface area contributed by atoms with E-state index in [-0.39, 0.29) is 52.6 Å². The predicted octanol–water partition coefficient (Wildman–Crippen LogP) is 4.28. The van der Waals surface area contributed by atoms with E-state index in [1.165, 1.54) is 34.9 Å². The zero-order valence-corrected chi connectivity index (χ0v) is 28.4.